The Kier molecular flexibility index (Phi) is 5.24. The summed E-state index contributed by atoms with van der Waals surface area (Å²) in [6.07, 6.45) is 3.10. The Labute approximate surface area is 147 Å². The van der Waals surface area contributed by atoms with Crippen molar-refractivity contribution in [2.75, 3.05) is 12.4 Å². The summed E-state index contributed by atoms with van der Waals surface area (Å²) in [4.78, 5) is 11.8. The summed E-state index contributed by atoms with van der Waals surface area (Å²) in [5.41, 5.74) is 8.77. The topological polar surface area (TPSA) is 84.6 Å². The van der Waals surface area contributed by atoms with Gasteiger partial charge in [-0.15, -0.1) is 0 Å². The van der Waals surface area contributed by atoms with E-state index < -0.39 is 5.91 Å². The molecule has 0 aromatic heterocycles. The van der Waals surface area contributed by atoms with E-state index in [0.717, 1.165) is 48.2 Å². The zero-order valence-corrected chi connectivity index (χ0v) is 14.4. The van der Waals surface area contributed by atoms with E-state index in [9.17, 15) is 9.90 Å². The lowest BCUT2D eigenvalue weighted by atomic mass is 9.92. The lowest BCUT2D eigenvalue weighted by Gasteiger charge is -2.28. The van der Waals surface area contributed by atoms with Gasteiger partial charge in [0, 0.05) is 11.7 Å². The highest BCUT2D eigenvalue weighted by atomic mass is 16.5. The second-order valence-corrected chi connectivity index (χ2v) is 6.51. The largest absolute Gasteiger partial charge is 0.497 e. The fourth-order valence-corrected chi connectivity index (χ4v) is 3.30. The van der Waals surface area contributed by atoms with Crippen molar-refractivity contribution in [1.82, 2.24) is 0 Å². The van der Waals surface area contributed by atoms with Gasteiger partial charge in [0.2, 0.25) is 0 Å². The zero-order chi connectivity index (χ0) is 17.8. The minimum atomic E-state index is -0.449. The molecule has 4 N–H and O–H groups in total. The Hall–Kier alpha value is -2.53. The molecule has 1 aliphatic rings. The maximum absolute atomic E-state index is 11.8. The fourth-order valence-electron chi connectivity index (χ4n) is 3.30. The van der Waals surface area contributed by atoms with Gasteiger partial charge >= 0.3 is 0 Å². The molecule has 0 aliphatic heterocycles. The molecule has 2 aromatic rings. The molecule has 25 heavy (non-hydrogen) atoms. The van der Waals surface area contributed by atoms with Gasteiger partial charge in [0.25, 0.3) is 5.91 Å². The second-order valence-electron chi connectivity index (χ2n) is 6.51. The molecule has 0 spiro atoms. The quantitative estimate of drug-likeness (QED) is 0.780. The van der Waals surface area contributed by atoms with Crippen LogP contribution in [-0.4, -0.2) is 30.3 Å². The minimum Gasteiger partial charge on any atom is -0.497 e. The first-order chi connectivity index (χ1) is 12.1. The number of hydrogen-bond donors (Lipinski definition) is 3. The van der Waals surface area contributed by atoms with Crippen LogP contribution in [0.3, 0.4) is 0 Å². The summed E-state index contributed by atoms with van der Waals surface area (Å²) in [6.45, 7) is 0. The predicted octanol–water partition coefficient (Wildman–Crippen LogP) is 3.18. The van der Waals surface area contributed by atoms with E-state index >= 15 is 0 Å². The first-order valence-electron chi connectivity index (χ1n) is 8.59. The van der Waals surface area contributed by atoms with Gasteiger partial charge in [-0.2, -0.15) is 0 Å². The summed E-state index contributed by atoms with van der Waals surface area (Å²) < 4.78 is 5.29. The smallest absolute Gasteiger partial charge is 0.250 e. The number of hydrogen-bond acceptors (Lipinski definition) is 4. The molecule has 1 aliphatic carbocycles. The van der Waals surface area contributed by atoms with Crippen molar-refractivity contribution in [2.45, 2.75) is 37.8 Å². The van der Waals surface area contributed by atoms with Gasteiger partial charge in [-0.3, -0.25) is 4.79 Å². The van der Waals surface area contributed by atoms with Crippen LogP contribution in [0.25, 0.3) is 11.1 Å². The first-order valence-corrected chi connectivity index (χ1v) is 8.59. The number of benzene rings is 2. The van der Waals surface area contributed by atoms with E-state index in [0.29, 0.717) is 5.56 Å². The van der Waals surface area contributed by atoms with Crippen LogP contribution in [0.5, 0.6) is 5.75 Å². The van der Waals surface area contributed by atoms with Crippen molar-refractivity contribution >= 4 is 11.6 Å². The molecule has 5 heteroatoms. The number of aliphatic hydroxyl groups is 1. The van der Waals surface area contributed by atoms with Crippen LogP contribution in [0.4, 0.5) is 5.69 Å². The highest BCUT2D eigenvalue weighted by Gasteiger charge is 2.21. The van der Waals surface area contributed by atoms with E-state index in [1.807, 2.05) is 36.4 Å². The molecule has 0 radical (unpaired) electrons. The second kappa shape index (κ2) is 7.57. The van der Waals surface area contributed by atoms with Gasteiger partial charge < -0.3 is 20.9 Å². The molecule has 0 bridgehead atoms. The monoisotopic (exact) mass is 340 g/mol. The van der Waals surface area contributed by atoms with Gasteiger partial charge in [0.1, 0.15) is 5.75 Å². The van der Waals surface area contributed by atoms with Crippen LogP contribution in [0.15, 0.2) is 42.5 Å². The van der Waals surface area contributed by atoms with Gasteiger partial charge in [0.05, 0.1) is 18.8 Å². The number of nitrogens with one attached hydrogen (secondary N) is 1. The molecule has 5 nitrogen and oxygen atoms in total. The van der Waals surface area contributed by atoms with E-state index in [2.05, 4.69) is 5.32 Å². The number of aliphatic hydroxyl groups excluding tert-OH is 1. The molecular weight excluding hydrogens is 316 g/mol. The molecule has 132 valence electrons. The number of methoxy groups -OCH3 is 1. The average molecular weight is 340 g/mol. The molecule has 1 fully saturated rings. The average Bonchev–Trinajstić information content (AvgIpc) is 2.63. The lowest BCUT2D eigenvalue weighted by Crippen LogP contribution is -2.29. The molecule has 2 aromatic carbocycles. The lowest BCUT2D eigenvalue weighted by molar-refractivity contribution is 0.100. The molecule has 0 saturated heterocycles. The SMILES string of the molecule is COc1cccc(-c2ccc(C(N)=O)c(NC3CCC(O)CC3)c2)c1. The fraction of sp³-hybridized carbons (Fsp3) is 0.350. The van der Waals surface area contributed by atoms with Crippen LogP contribution in [0.2, 0.25) is 0 Å². The third-order valence-corrected chi connectivity index (χ3v) is 4.74. The normalized spacial score (nSPS) is 20.1. The molecule has 1 amide bonds. The van der Waals surface area contributed by atoms with E-state index in [-0.39, 0.29) is 12.1 Å². The number of primary amides is 1. The van der Waals surface area contributed by atoms with Crippen molar-refractivity contribution in [3.8, 4) is 16.9 Å². The van der Waals surface area contributed by atoms with Crippen molar-refractivity contribution in [2.24, 2.45) is 5.73 Å². The van der Waals surface area contributed by atoms with Gasteiger partial charge in [-0.05, 0) is 61.1 Å². The maximum atomic E-state index is 11.8. The summed E-state index contributed by atoms with van der Waals surface area (Å²) in [6, 6.07) is 13.6. The number of carbonyl (C=O) groups excluding carboxylic acids is 1. The van der Waals surface area contributed by atoms with Crippen molar-refractivity contribution in [3.05, 3.63) is 48.0 Å². The van der Waals surface area contributed by atoms with E-state index in [1.165, 1.54) is 0 Å². The van der Waals surface area contributed by atoms with Crippen LogP contribution >= 0.6 is 0 Å². The Bertz CT molecular complexity index is 752. The maximum Gasteiger partial charge on any atom is 0.250 e. The summed E-state index contributed by atoms with van der Waals surface area (Å²) in [5, 5.41) is 13.1. The Balaban J connectivity index is 1.90. The van der Waals surface area contributed by atoms with Gasteiger partial charge in [-0.25, -0.2) is 0 Å². The van der Waals surface area contributed by atoms with Gasteiger partial charge in [0.15, 0.2) is 0 Å². The highest BCUT2D eigenvalue weighted by molar-refractivity contribution is 5.99. The summed E-state index contributed by atoms with van der Waals surface area (Å²) in [5.74, 6) is 0.336. The molecule has 0 unspecified atom stereocenters. The number of rotatable bonds is 5. The molecular formula is C20H24N2O3. The van der Waals surface area contributed by atoms with Crippen molar-refractivity contribution in [3.63, 3.8) is 0 Å². The van der Waals surface area contributed by atoms with E-state index in [1.54, 1.807) is 13.2 Å². The zero-order valence-electron chi connectivity index (χ0n) is 14.4. The number of anilines is 1. The van der Waals surface area contributed by atoms with Crippen LogP contribution in [0.1, 0.15) is 36.0 Å². The van der Waals surface area contributed by atoms with Crippen LogP contribution in [0, 0.1) is 0 Å². The van der Waals surface area contributed by atoms with Crippen molar-refractivity contribution in [1.29, 1.82) is 0 Å². The highest BCUT2D eigenvalue weighted by Crippen LogP contribution is 2.30. The molecule has 1 saturated carbocycles. The minimum absolute atomic E-state index is 0.211. The summed E-state index contributed by atoms with van der Waals surface area (Å²) >= 11 is 0. The standard InChI is InChI=1S/C20H24N2O3/c1-25-17-4-2-3-13(11-17)14-5-10-18(20(21)24)19(12-14)22-15-6-8-16(23)9-7-15/h2-5,10-12,15-16,22-23H,6-9H2,1H3,(H2,21,24). The van der Waals surface area contributed by atoms with E-state index in [4.69, 9.17) is 10.5 Å². The summed E-state index contributed by atoms with van der Waals surface area (Å²) in [7, 11) is 1.64. The Morgan fingerprint density at radius 2 is 1.84 bits per heavy atom. The predicted molar refractivity (Wildman–Crippen MR) is 98.8 cm³/mol. The Morgan fingerprint density at radius 1 is 1.12 bits per heavy atom. The van der Waals surface area contributed by atoms with Gasteiger partial charge in [-0.1, -0.05) is 18.2 Å². The number of ether oxygens (including phenoxy) is 1. The van der Waals surface area contributed by atoms with Crippen molar-refractivity contribution < 1.29 is 14.6 Å². The van der Waals surface area contributed by atoms with Crippen LogP contribution in [-0.2, 0) is 0 Å². The number of amides is 1. The number of carbonyl (C=O) groups is 1. The van der Waals surface area contributed by atoms with Crippen LogP contribution < -0.4 is 15.8 Å². The third-order valence-electron chi connectivity index (χ3n) is 4.74. The molecule has 3 rings (SSSR count). The Morgan fingerprint density at radius 3 is 2.52 bits per heavy atom. The molecule has 0 heterocycles. The molecule has 0 atom stereocenters. The third kappa shape index (κ3) is 4.12. The first kappa shape index (κ1) is 17.3. The number of nitrogens with two attached hydrogens (primary N) is 1.